The lowest BCUT2D eigenvalue weighted by atomic mass is 9.96. The van der Waals surface area contributed by atoms with Gasteiger partial charge in [-0.25, -0.2) is 14.5 Å². The number of fused-ring (bicyclic) bond motifs is 1. The van der Waals surface area contributed by atoms with E-state index in [1.54, 1.807) is 54.7 Å². The molecule has 0 saturated carbocycles. The first-order valence-corrected chi connectivity index (χ1v) is 17.3. The molecule has 0 fully saturated rings. The Balaban J connectivity index is 1.55. The summed E-state index contributed by atoms with van der Waals surface area (Å²) < 4.78 is 14.5. The molecule has 13 heteroatoms. The van der Waals surface area contributed by atoms with Crippen LogP contribution in [0, 0.1) is 10.1 Å². The fraction of sp³-hybridized carbons (Fsp3) is 0.167. The minimum atomic E-state index is -0.785. The first-order chi connectivity index (χ1) is 23.7. The van der Waals surface area contributed by atoms with E-state index in [2.05, 4.69) is 11.6 Å². The van der Waals surface area contributed by atoms with Gasteiger partial charge in [-0.15, -0.1) is 11.8 Å². The van der Waals surface area contributed by atoms with Gasteiger partial charge < -0.3 is 9.47 Å². The number of nitro groups is 1. The van der Waals surface area contributed by atoms with Crippen molar-refractivity contribution >= 4 is 40.8 Å². The number of benzene rings is 3. The van der Waals surface area contributed by atoms with E-state index in [0.29, 0.717) is 31.9 Å². The summed E-state index contributed by atoms with van der Waals surface area (Å²) in [5.74, 6) is -0.435. The first-order valence-electron chi connectivity index (χ1n) is 15.2. The van der Waals surface area contributed by atoms with Gasteiger partial charge in [0.2, 0.25) is 0 Å². The molecular formula is C36H31N5O6S2. The van der Waals surface area contributed by atoms with E-state index in [9.17, 15) is 19.7 Å². The number of esters is 1. The van der Waals surface area contributed by atoms with Crippen molar-refractivity contribution < 1.29 is 19.2 Å². The fourth-order valence-corrected chi connectivity index (χ4v) is 7.00. The quantitative estimate of drug-likeness (QED) is 0.0554. The van der Waals surface area contributed by atoms with Crippen LogP contribution in [0.1, 0.15) is 31.0 Å². The lowest BCUT2D eigenvalue weighted by Crippen LogP contribution is -2.39. The molecule has 2 aromatic heterocycles. The number of para-hydroxylation sites is 1. The minimum absolute atomic E-state index is 0.00998. The summed E-state index contributed by atoms with van der Waals surface area (Å²) in [7, 11) is 0. The van der Waals surface area contributed by atoms with E-state index in [1.807, 2.05) is 60.9 Å². The highest BCUT2D eigenvalue weighted by Gasteiger charge is 2.33. The number of nitro benzene ring substituents is 1. The SMILES string of the molecule is C=CCOC(=O)C1=C(C)N=c2sc(=Cc3cn(-c4ccccc4)nc3-c3ccc(OCC)c([N+](=O)[O-])c3)c(=O)n2C1c1ccc(SC)cc1. The van der Waals surface area contributed by atoms with E-state index >= 15 is 0 Å². The first kappa shape index (κ1) is 33.4. The number of aromatic nitrogens is 3. The van der Waals surface area contributed by atoms with E-state index in [4.69, 9.17) is 14.6 Å². The molecule has 0 spiro atoms. The molecule has 1 aliphatic heterocycles. The molecule has 6 rings (SSSR count). The maximum Gasteiger partial charge on any atom is 0.338 e. The number of nitrogens with zero attached hydrogens (tertiary/aromatic N) is 5. The number of thioether (sulfide) groups is 1. The zero-order valence-electron chi connectivity index (χ0n) is 26.9. The summed E-state index contributed by atoms with van der Waals surface area (Å²) in [5, 5.41) is 16.8. The maximum absolute atomic E-state index is 14.4. The second-order valence-corrected chi connectivity index (χ2v) is 12.7. The number of hydrogen-bond acceptors (Lipinski definition) is 10. The third-order valence-corrected chi connectivity index (χ3v) is 9.51. The predicted molar refractivity (Wildman–Crippen MR) is 190 cm³/mol. The monoisotopic (exact) mass is 693 g/mol. The highest BCUT2D eigenvalue weighted by Crippen LogP contribution is 2.35. The summed E-state index contributed by atoms with van der Waals surface area (Å²) in [5.41, 5.74) is 3.08. The van der Waals surface area contributed by atoms with Crippen molar-refractivity contribution in [3.8, 4) is 22.7 Å². The molecule has 0 aliphatic carbocycles. The van der Waals surface area contributed by atoms with Gasteiger partial charge in [-0.3, -0.25) is 19.5 Å². The molecule has 248 valence electrons. The largest absolute Gasteiger partial charge is 0.487 e. The van der Waals surface area contributed by atoms with Gasteiger partial charge in [0.05, 0.1) is 39.1 Å². The Morgan fingerprint density at radius 2 is 1.90 bits per heavy atom. The smallest absolute Gasteiger partial charge is 0.338 e. The van der Waals surface area contributed by atoms with Crippen molar-refractivity contribution in [1.29, 1.82) is 0 Å². The topological polar surface area (TPSA) is 131 Å². The maximum atomic E-state index is 14.4. The van der Waals surface area contributed by atoms with Crippen LogP contribution >= 0.6 is 23.1 Å². The van der Waals surface area contributed by atoms with Gasteiger partial charge in [0, 0.05) is 28.3 Å². The van der Waals surface area contributed by atoms with Crippen LogP contribution in [0.25, 0.3) is 23.0 Å². The number of ether oxygens (including phenoxy) is 2. The van der Waals surface area contributed by atoms with Crippen LogP contribution in [0.4, 0.5) is 5.69 Å². The van der Waals surface area contributed by atoms with E-state index in [-0.39, 0.29) is 35.8 Å². The lowest BCUT2D eigenvalue weighted by Gasteiger charge is -2.24. The van der Waals surface area contributed by atoms with Crippen molar-refractivity contribution in [2.24, 2.45) is 4.99 Å². The van der Waals surface area contributed by atoms with Crippen LogP contribution in [0.15, 0.2) is 118 Å². The number of carbonyl (C=O) groups is 1. The van der Waals surface area contributed by atoms with Gasteiger partial charge in [0.1, 0.15) is 12.3 Å². The number of thiazole rings is 1. The predicted octanol–water partition coefficient (Wildman–Crippen LogP) is 5.85. The number of carbonyl (C=O) groups excluding carboxylic acids is 1. The molecule has 1 unspecified atom stereocenters. The minimum Gasteiger partial charge on any atom is -0.487 e. The molecule has 0 saturated heterocycles. The van der Waals surface area contributed by atoms with Gasteiger partial charge in [0.15, 0.2) is 10.6 Å². The Morgan fingerprint density at radius 1 is 1.14 bits per heavy atom. The Labute approximate surface area is 289 Å². The third-order valence-electron chi connectivity index (χ3n) is 7.78. The summed E-state index contributed by atoms with van der Waals surface area (Å²) >= 11 is 2.77. The molecule has 3 aromatic carbocycles. The van der Waals surface area contributed by atoms with Crippen LogP contribution < -0.4 is 19.6 Å². The number of rotatable bonds is 11. The summed E-state index contributed by atoms with van der Waals surface area (Å²) in [6, 6.07) is 21.0. The van der Waals surface area contributed by atoms with Crippen LogP contribution in [0.3, 0.4) is 0 Å². The lowest BCUT2D eigenvalue weighted by molar-refractivity contribution is -0.385. The molecule has 49 heavy (non-hydrogen) atoms. The second kappa shape index (κ2) is 14.3. The van der Waals surface area contributed by atoms with Crippen molar-refractivity contribution in [1.82, 2.24) is 14.3 Å². The van der Waals surface area contributed by atoms with Crippen molar-refractivity contribution in [3.05, 3.63) is 144 Å². The molecule has 1 atom stereocenters. The Hall–Kier alpha value is -5.53. The van der Waals surface area contributed by atoms with Gasteiger partial charge in [-0.2, -0.15) is 5.10 Å². The zero-order valence-corrected chi connectivity index (χ0v) is 28.5. The van der Waals surface area contributed by atoms with E-state index < -0.39 is 16.9 Å². The molecule has 0 radical (unpaired) electrons. The van der Waals surface area contributed by atoms with Crippen LogP contribution in [0.5, 0.6) is 5.75 Å². The highest BCUT2D eigenvalue weighted by molar-refractivity contribution is 7.98. The van der Waals surface area contributed by atoms with Crippen LogP contribution in [-0.4, -0.2) is 44.7 Å². The van der Waals surface area contributed by atoms with Crippen LogP contribution in [0.2, 0.25) is 0 Å². The normalized spacial score (nSPS) is 14.3. The molecule has 11 nitrogen and oxygen atoms in total. The van der Waals surface area contributed by atoms with Crippen molar-refractivity contribution in [2.45, 2.75) is 24.8 Å². The summed E-state index contributed by atoms with van der Waals surface area (Å²) in [6.45, 7) is 7.40. The molecule has 0 N–H and O–H groups in total. The van der Waals surface area contributed by atoms with E-state index in [1.165, 1.54) is 28.0 Å². The average molecular weight is 694 g/mol. The third kappa shape index (κ3) is 6.62. The summed E-state index contributed by atoms with van der Waals surface area (Å²) in [6.07, 6.45) is 6.93. The van der Waals surface area contributed by atoms with Crippen molar-refractivity contribution in [3.63, 3.8) is 0 Å². The molecule has 0 bridgehead atoms. The molecule has 0 amide bonds. The highest BCUT2D eigenvalue weighted by atomic mass is 32.2. The summed E-state index contributed by atoms with van der Waals surface area (Å²) in [4.78, 5) is 45.4. The van der Waals surface area contributed by atoms with E-state index in [0.717, 1.165) is 16.1 Å². The standard InChI is InChI=1S/C36H31N5O6S2/c1-5-18-47-35(43)31-22(3)37-36-40(33(31)23-12-15-27(48-4)16-13-23)34(42)30(49-36)20-25-21-39(26-10-8-7-9-11-26)38-32(25)24-14-17-29(46-6-2)28(19-24)41(44)45/h5,7-17,19-21,33H,1,6,18H2,2-4H3. The average Bonchev–Trinajstić information content (AvgIpc) is 3.67. The zero-order chi connectivity index (χ0) is 34.7. The van der Waals surface area contributed by atoms with Gasteiger partial charge in [-0.05, 0) is 68.1 Å². The van der Waals surface area contributed by atoms with Crippen molar-refractivity contribution in [2.75, 3.05) is 19.5 Å². The Kier molecular flexibility index (Phi) is 9.74. The molecule has 1 aliphatic rings. The molecular weight excluding hydrogens is 663 g/mol. The molecule has 3 heterocycles. The Bertz CT molecular complexity index is 2290. The van der Waals surface area contributed by atoms with Crippen LogP contribution in [-0.2, 0) is 9.53 Å². The second-order valence-electron chi connectivity index (χ2n) is 10.8. The number of hydrogen-bond donors (Lipinski definition) is 0. The molecule has 5 aromatic rings. The van der Waals surface area contributed by atoms with Gasteiger partial charge in [0.25, 0.3) is 5.56 Å². The fourth-order valence-electron chi connectivity index (χ4n) is 5.55. The number of allylic oxidation sites excluding steroid dienone is 1. The van der Waals surface area contributed by atoms with Gasteiger partial charge in [-0.1, -0.05) is 54.3 Å². The van der Waals surface area contributed by atoms with Gasteiger partial charge >= 0.3 is 11.7 Å². The Morgan fingerprint density at radius 3 is 2.57 bits per heavy atom.